The van der Waals surface area contributed by atoms with Crippen molar-refractivity contribution in [2.45, 2.75) is 39.0 Å². The van der Waals surface area contributed by atoms with Crippen molar-refractivity contribution >= 4 is 21.8 Å². The van der Waals surface area contributed by atoms with Crippen molar-refractivity contribution in [1.82, 2.24) is 5.32 Å². The molecule has 3 nitrogen and oxygen atoms in total. The van der Waals surface area contributed by atoms with E-state index in [0.717, 1.165) is 29.3 Å². The maximum atomic E-state index is 12.2. The number of hydrogen-bond acceptors (Lipinski definition) is 2. The van der Waals surface area contributed by atoms with E-state index < -0.39 is 0 Å². The molecule has 0 spiro atoms. The molecule has 0 radical (unpaired) electrons. The number of halogens is 1. The first-order chi connectivity index (χ1) is 10.1. The largest absolute Gasteiger partial charge is 0.497 e. The van der Waals surface area contributed by atoms with E-state index in [-0.39, 0.29) is 5.91 Å². The first-order valence-corrected chi connectivity index (χ1v) is 8.51. The van der Waals surface area contributed by atoms with Gasteiger partial charge in [0.1, 0.15) is 5.75 Å². The van der Waals surface area contributed by atoms with Gasteiger partial charge in [-0.05, 0) is 52.4 Å². The van der Waals surface area contributed by atoms with Crippen LogP contribution in [0.2, 0.25) is 0 Å². The molecule has 2 rings (SSSR count). The van der Waals surface area contributed by atoms with Crippen LogP contribution < -0.4 is 10.1 Å². The number of hydrogen-bond donors (Lipinski definition) is 1. The van der Waals surface area contributed by atoms with Gasteiger partial charge in [-0.1, -0.05) is 32.6 Å². The van der Waals surface area contributed by atoms with Gasteiger partial charge < -0.3 is 10.1 Å². The van der Waals surface area contributed by atoms with Gasteiger partial charge in [-0.3, -0.25) is 4.79 Å². The van der Waals surface area contributed by atoms with Crippen LogP contribution in [0.5, 0.6) is 5.75 Å². The summed E-state index contributed by atoms with van der Waals surface area (Å²) in [6.07, 6.45) is 6.36. The van der Waals surface area contributed by atoms with Crippen LogP contribution in [0.25, 0.3) is 0 Å². The summed E-state index contributed by atoms with van der Waals surface area (Å²) < 4.78 is 5.97. The minimum absolute atomic E-state index is 0.0371. The Kier molecular flexibility index (Phi) is 6.09. The Bertz CT molecular complexity index is 482. The van der Waals surface area contributed by atoms with Gasteiger partial charge in [0.25, 0.3) is 5.91 Å². The molecule has 116 valence electrons. The van der Waals surface area contributed by atoms with Crippen LogP contribution in [0.1, 0.15) is 49.4 Å². The Balaban J connectivity index is 1.82. The summed E-state index contributed by atoms with van der Waals surface area (Å²) >= 11 is 3.42. The number of benzene rings is 1. The summed E-state index contributed by atoms with van der Waals surface area (Å²) in [6, 6.07) is 5.45. The predicted octanol–water partition coefficient (Wildman–Crippen LogP) is 4.40. The number of amides is 1. The lowest BCUT2D eigenvalue weighted by atomic mass is 9.81. The smallest absolute Gasteiger partial charge is 0.252 e. The van der Waals surface area contributed by atoms with Gasteiger partial charge in [-0.2, -0.15) is 0 Å². The standard InChI is InChI=1S/C17H24BrNO2/c1-12-3-5-13(6-4-12)9-10-19-17(20)15-11-14(21-2)7-8-16(15)18/h7-8,11-13H,3-6,9-10H2,1-2H3,(H,19,20). The maximum Gasteiger partial charge on any atom is 0.252 e. The number of methoxy groups -OCH3 is 1. The fourth-order valence-electron chi connectivity index (χ4n) is 2.91. The van der Waals surface area contributed by atoms with Gasteiger partial charge in [0.2, 0.25) is 0 Å². The third-order valence-corrected chi connectivity index (χ3v) is 5.08. The fourth-order valence-corrected chi connectivity index (χ4v) is 3.33. The Hall–Kier alpha value is -1.03. The van der Waals surface area contributed by atoms with Crippen molar-refractivity contribution < 1.29 is 9.53 Å². The molecule has 1 aliphatic rings. The topological polar surface area (TPSA) is 38.3 Å². The minimum atomic E-state index is -0.0371. The van der Waals surface area contributed by atoms with Gasteiger partial charge in [-0.25, -0.2) is 0 Å². The zero-order valence-corrected chi connectivity index (χ0v) is 14.4. The Morgan fingerprint density at radius 1 is 1.33 bits per heavy atom. The fraction of sp³-hybridized carbons (Fsp3) is 0.588. The van der Waals surface area contributed by atoms with E-state index in [1.807, 2.05) is 12.1 Å². The summed E-state index contributed by atoms with van der Waals surface area (Å²) in [6.45, 7) is 3.08. The minimum Gasteiger partial charge on any atom is -0.497 e. The van der Waals surface area contributed by atoms with E-state index in [1.165, 1.54) is 25.7 Å². The van der Waals surface area contributed by atoms with E-state index in [4.69, 9.17) is 4.74 Å². The van der Waals surface area contributed by atoms with Gasteiger partial charge in [0.05, 0.1) is 12.7 Å². The van der Waals surface area contributed by atoms with E-state index >= 15 is 0 Å². The summed E-state index contributed by atoms with van der Waals surface area (Å²) in [4.78, 5) is 12.2. The molecule has 1 aliphatic carbocycles. The van der Waals surface area contributed by atoms with Crippen LogP contribution in [0.15, 0.2) is 22.7 Å². The van der Waals surface area contributed by atoms with Gasteiger partial charge in [-0.15, -0.1) is 0 Å². The van der Waals surface area contributed by atoms with Crippen LogP contribution in [0.4, 0.5) is 0 Å². The third-order valence-electron chi connectivity index (χ3n) is 4.39. The second-order valence-corrected chi connectivity index (χ2v) is 6.87. The maximum absolute atomic E-state index is 12.2. The third kappa shape index (κ3) is 4.73. The Morgan fingerprint density at radius 3 is 2.71 bits per heavy atom. The molecule has 0 bridgehead atoms. The second kappa shape index (κ2) is 7.83. The van der Waals surface area contributed by atoms with Gasteiger partial charge in [0.15, 0.2) is 0 Å². The molecule has 0 aliphatic heterocycles. The molecule has 0 unspecified atom stereocenters. The normalized spacial score (nSPS) is 21.9. The lowest BCUT2D eigenvalue weighted by molar-refractivity contribution is 0.0948. The quantitative estimate of drug-likeness (QED) is 0.851. The molecule has 1 N–H and O–H groups in total. The van der Waals surface area contributed by atoms with Crippen molar-refractivity contribution in [3.63, 3.8) is 0 Å². The molecule has 0 atom stereocenters. The van der Waals surface area contributed by atoms with Crippen LogP contribution in [-0.4, -0.2) is 19.6 Å². The highest BCUT2D eigenvalue weighted by molar-refractivity contribution is 9.10. The van der Waals surface area contributed by atoms with Crippen molar-refractivity contribution in [2.75, 3.05) is 13.7 Å². The zero-order valence-electron chi connectivity index (χ0n) is 12.8. The lowest BCUT2D eigenvalue weighted by Gasteiger charge is -2.26. The lowest BCUT2D eigenvalue weighted by Crippen LogP contribution is -2.27. The molecule has 1 saturated carbocycles. The average Bonchev–Trinajstić information content (AvgIpc) is 2.49. The summed E-state index contributed by atoms with van der Waals surface area (Å²) in [5, 5.41) is 3.03. The molecular formula is C17H24BrNO2. The number of nitrogens with one attached hydrogen (secondary N) is 1. The van der Waals surface area contributed by atoms with E-state index in [1.54, 1.807) is 13.2 Å². The van der Waals surface area contributed by atoms with Crippen LogP contribution in [-0.2, 0) is 0 Å². The highest BCUT2D eigenvalue weighted by Crippen LogP contribution is 2.30. The monoisotopic (exact) mass is 353 g/mol. The number of ether oxygens (including phenoxy) is 1. The molecule has 1 aromatic carbocycles. The summed E-state index contributed by atoms with van der Waals surface area (Å²) in [5.41, 5.74) is 0.631. The number of rotatable bonds is 5. The SMILES string of the molecule is COc1ccc(Br)c(C(=O)NCCC2CCC(C)CC2)c1. The van der Waals surface area contributed by atoms with Crippen LogP contribution in [0, 0.1) is 11.8 Å². The predicted molar refractivity (Wildman–Crippen MR) is 88.8 cm³/mol. The van der Waals surface area contributed by atoms with Gasteiger partial charge >= 0.3 is 0 Å². The van der Waals surface area contributed by atoms with E-state index in [0.29, 0.717) is 11.3 Å². The second-order valence-electron chi connectivity index (χ2n) is 6.02. The molecule has 1 aromatic rings. The van der Waals surface area contributed by atoms with Crippen molar-refractivity contribution in [2.24, 2.45) is 11.8 Å². The molecule has 1 amide bonds. The highest BCUT2D eigenvalue weighted by Gasteiger charge is 2.18. The van der Waals surface area contributed by atoms with Crippen molar-refractivity contribution in [1.29, 1.82) is 0 Å². The summed E-state index contributed by atoms with van der Waals surface area (Å²) in [7, 11) is 1.61. The van der Waals surface area contributed by atoms with Gasteiger partial charge in [0, 0.05) is 11.0 Å². The average molecular weight is 354 g/mol. The zero-order chi connectivity index (χ0) is 15.2. The van der Waals surface area contributed by atoms with Crippen LogP contribution in [0.3, 0.4) is 0 Å². The highest BCUT2D eigenvalue weighted by atomic mass is 79.9. The molecular weight excluding hydrogens is 330 g/mol. The van der Waals surface area contributed by atoms with Crippen molar-refractivity contribution in [3.05, 3.63) is 28.2 Å². The first kappa shape index (κ1) is 16.3. The Labute approximate surface area is 135 Å². The number of carbonyl (C=O) groups is 1. The van der Waals surface area contributed by atoms with E-state index in [2.05, 4.69) is 28.2 Å². The first-order valence-electron chi connectivity index (χ1n) is 7.72. The summed E-state index contributed by atoms with van der Waals surface area (Å²) in [5.74, 6) is 2.31. The molecule has 0 heterocycles. The molecule has 21 heavy (non-hydrogen) atoms. The molecule has 1 fully saturated rings. The Morgan fingerprint density at radius 2 is 2.05 bits per heavy atom. The molecule has 4 heteroatoms. The molecule has 0 aromatic heterocycles. The van der Waals surface area contributed by atoms with E-state index in [9.17, 15) is 4.79 Å². The van der Waals surface area contributed by atoms with Crippen LogP contribution >= 0.6 is 15.9 Å². The number of carbonyl (C=O) groups excluding carboxylic acids is 1. The van der Waals surface area contributed by atoms with Crippen molar-refractivity contribution in [3.8, 4) is 5.75 Å². The molecule has 0 saturated heterocycles.